The molecule has 0 aliphatic carbocycles. The summed E-state index contributed by atoms with van der Waals surface area (Å²) in [6.07, 6.45) is 6.44. The largest absolute Gasteiger partial charge is 0.507 e. The zero-order valence-corrected chi connectivity index (χ0v) is 19.8. The molecule has 0 bridgehead atoms. The monoisotopic (exact) mass is 446 g/mol. The lowest BCUT2D eigenvalue weighted by Crippen LogP contribution is -2.24. The fraction of sp³-hybridized carbons (Fsp3) is 0.308. The Morgan fingerprint density at radius 3 is 2.76 bits per heavy atom. The van der Waals surface area contributed by atoms with Crippen LogP contribution in [0.3, 0.4) is 0 Å². The van der Waals surface area contributed by atoms with Crippen molar-refractivity contribution >= 4 is 28.6 Å². The van der Waals surface area contributed by atoms with Gasteiger partial charge in [0, 0.05) is 69.5 Å². The molecule has 0 saturated carbocycles. The van der Waals surface area contributed by atoms with Gasteiger partial charge in [-0.25, -0.2) is 4.98 Å². The minimum absolute atomic E-state index is 0.0747. The highest BCUT2D eigenvalue weighted by atomic mass is 16.5. The van der Waals surface area contributed by atoms with Crippen LogP contribution in [-0.4, -0.2) is 53.0 Å². The fourth-order valence-electron chi connectivity index (χ4n) is 4.22. The predicted octanol–water partition coefficient (Wildman–Crippen LogP) is 4.43. The summed E-state index contributed by atoms with van der Waals surface area (Å²) in [7, 11) is 8.03. The quantitative estimate of drug-likeness (QED) is 0.542. The molecule has 0 radical (unpaired) electrons. The molecule has 1 atom stereocenters. The molecule has 7 heteroatoms. The molecule has 0 amide bonds. The minimum atomic E-state index is -0.324. The van der Waals surface area contributed by atoms with E-state index in [0.717, 1.165) is 40.9 Å². The third-order valence-electron chi connectivity index (χ3n) is 6.28. The summed E-state index contributed by atoms with van der Waals surface area (Å²) in [5, 5.41) is 11.0. The summed E-state index contributed by atoms with van der Waals surface area (Å²) >= 11 is 0. The topological polar surface area (TPSA) is 70.8 Å². The number of aryl methyl sites for hydroxylation is 1. The molecule has 2 aromatic heterocycles. The van der Waals surface area contributed by atoms with Gasteiger partial charge in [-0.05, 0) is 36.6 Å². The number of carbonyl (C=O) groups excluding carboxylic acids is 1. The van der Waals surface area contributed by atoms with E-state index < -0.39 is 0 Å². The molecule has 1 aromatic carbocycles. The van der Waals surface area contributed by atoms with Crippen LogP contribution < -0.4 is 9.64 Å². The Balaban J connectivity index is 1.68. The lowest BCUT2D eigenvalue weighted by molar-refractivity contribution is 0.101. The minimum Gasteiger partial charge on any atom is -0.507 e. The molecule has 1 aliphatic rings. The van der Waals surface area contributed by atoms with Crippen LogP contribution in [0.25, 0.3) is 17.1 Å². The number of benzene rings is 1. The Hall–Kier alpha value is -3.74. The molecule has 0 saturated heterocycles. The summed E-state index contributed by atoms with van der Waals surface area (Å²) in [6.45, 7) is 7.21. The maximum Gasteiger partial charge on any atom is 0.235 e. The first kappa shape index (κ1) is 22.5. The number of carbonyl (C=O) groups is 1. The molecule has 0 spiro atoms. The first-order valence-corrected chi connectivity index (χ1v) is 11.0. The number of hydrogen-bond acceptors (Lipinski definition) is 6. The van der Waals surface area contributed by atoms with Gasteiger partial charge in [-0.2, -0.15) is 0 Å². The van der Waals surface area contributed by atoms with E-state index in [-0.39, 0.29) is 22.9 Å². The average Bonchev–Trinajstić information content (AvgIpc) is 3.28. The first-order chi connectivity index (χ1) is 15.7. The van der Waals surface area contributed by atoms with E-state index in [1.807, 2.05) is 38.0 Å². The number of ether oxygens (including phenoxy) is 1. The Kier molecular flexibility index (Phi) is 5.89. The molecular weight excluding hydrogens is 416 g/mol. The van der Waals surface area contributed by atoms with E-state index in [1.165, 1.54) is 6.07 Å². The highest BCUT2D eigenvalue weighted by Crippen LogP contribution is 2.38. The lowest BCUT2D eigenvalue weighted by Gasteiger charge is -2.26. The number of allylic oxidation sites excluding steroid dienone is 2. The summed E-state index contributed by atoms with van der Waals surface area (Å²) in [5.41, 5.74) is 4.00. The van der Waals surface area contributed by atoms with Gasteiger partial charge in [0.05, 0.1) is 0 Å². The number of Topliss-reactive ketones (excluding diaryl/α,β-unsaturated/α-hetero) is 1. The number of aromatic nitrogens is 2. The Labute approximate surface area is 194 Å². The van der Waals surface area contributed by atoms with E-state index in [9.17, 15) is 9.90 Å². The predicted molar refractivity (Wildman–Crippen MR) is 132 cm³/mol. The Morgan fingerprint density at radius 2 is 2.06 bits per heavy atom. The second kappa shape index (κ2) is 8.65. The Bertz CT molecular complexity index is 1270. The molecular formula is C26H30N4O3. The van der Waals surface area contributed by atoms with Gasteiger partial charge in [0.15, 0.2) is 5.76 Å². The van der Waals surface area contributed by atoms with E-state index in [1.54, 1.807) is 24.4 Å². The lowest BCUT2D eigenvalue weighted by atomic mass is 10.0. The van der Waals surface area contributed by atoms with Crippen molar-refractivity contribution in [1.29, 1.82) is 0 Å². The van der Waals surface area contributed by atoms with Gasteiger partial charge >= 0.3 is 0 Å². The molecule has 1 aliphatic heterocycles. The van der Waals surface area contributed by atoms with E-state index in [0.29, 0.717) is 11.7 Å². The number of pyridine rings is 1. The number of rotatable bonds is 7. The molecule has 0 fully saturated rings. The van der Waals surface area contributed by atoms with Crippen LogP contribution in [0.5, 0.6) is 11.5 Å². The number of anilines is 1. The van der Waals surface area contributed by atoms with Crippen LogP contribution in [0.1, 0.15) is 29.3 Å². The Morgan fingerprint density at radius 1 is 1.30 bits per heavy atom. The van der Waals surface area contributed by atoms with Crippen molar-refractivity contribution in [2.45, 2.75) is 13.3 Å². The second-order valence-electron chi connectivity index (χ2n) is 8.81. The van der Waals surface area contributed by atoms with Crippen molar-refractivity contribution in [3.63, 3.8) is 0 Å². The summed E-state index contributed by atoms with van der Waals surface area (Å²) in [5.74, 6) is 0.515. The van der Waals surface area contributed by atoms with Crippen LogP contribution in [0.15, 0.2) is 54.7 Å². The number of phenols is 1. The molecule has 3 heterocycles. The van der Waals surface area contributed by atoms with Gasteiger partial charge in [0.2, 0.25) is 5.78 Å². The number of hydrogen-bond donors (Lipinski definition) is 1. The highest BCUT2D eigenvalue weighted by molar-refractivity contribution is 6.17. The van der Waals surface area contributed by atoms with Crippen molar-refractivity contribution in [2.24, 2.45) is 13.0 Å². The van der Waals surface area contributed by atoms with Crippen LogP contribution in [0.4, 0.5) is 5.69 Å². The van der Waals surface area contributed by atoms with Crippen molar-refractivity contribution in [2.75, 3.05) is 32.6 Å². The maximum atomic E-state index is 12.9. The third-order valence-corrected chi connectivity index (χ3v) is 6.28. The summed E-state index contributed by atoms with van der Waals surface area (Å²) in [4.78, 5) is 21.7. The van der Waals surface area contributed by atoms with Gasteiger partial charge in [-0.3, -0.25) is 4.79 Å². The molecule has 3 aromatic rings. The highest BCUT2D eigenvalue weighted by Gasteiger charge is 2.30. The number of aromatic hydroxyl groups is 1. The zero-order chi connectivity index (χ0) is 23.9. The van der Waals surface area contributed by atoms with Crippen molar-refractivity contribution in [3.8, 4) is 11.5 Å². The molecule has 7 nitrogen and oxygen atoms in total. The normalized spacial score (nSPS) is 14.9. The standard InChI is InChI=1S/C26H30N4O3/c1-16(17(2)28(3)4)11-13-29(5)19-10-12-27-26-23(19)18(15-30(26)6)14-22-25(32)24-20(31)8-7-9-21(24)33-22/h7-10,12,14-16,31H,2,11,13H2,1,3-6H3. The zero-order valence-electron chi connectivity index (χ0n) is 19.8. The van der Waals surface area contributed by atoms with Crippen LogP contribution in [-0.2, 0) is 7.05 Å². The van der Waals surface area contributed by atoms with E-state index in [4.69, 9.17) is 4.74 Å². The first-order valence-electron chi connectivity index (χ1n) is 11.0. The van der Waals surface area contributed by atoms with Gasteiger partial charge in [-0.1, -0.05) is 19.6 Å². The van der Waals surface area contributed by atoms with Crippen molar-refractivity contribution in [1.82, 2.24) is 14.5 Å². The smallest absolute Gasteiger partial charge is 0.235 e. The van der Waals surface area contributed by atoms with Crippen LogP contribution in [0, 0.1) is 5.92 Å². The van der Waals surface area contributed by atoms with Gasteiger partial charge < -0.3 is 24.2 Å². The number of phenolic OH excluding ortho intramolecular Hbond substituents is 1. The van der Waals surface area contributed by atoms with Crippen molar-refractivity contribution < 1.29 is 14.6 Å². The molecule has 4 rings (SSSR count). The second-order valence-corrected chi connectivity index (χ2v) is 8.81. The van der Waals surface area contributed by atoms with E-state index >= 15 is 0 Å². The average molecular weight is 447 g/mol. The number of ketones is 1. The number of fused-ring (bicyclic) bond motifs is 2. The van der Waals surface area contributed by atoms with Gasteiger partial charge in [0.25, 0.3) is 0 Å². The van der Waals surface area contributed by atoms with E-state index in [2.05, 4.69) is 35.3 Å². The molecule has 1 N–H and O–H groups in total. The SMILES string of the molecule is C=C(C(C)CCN(C)c1ccnc2c1c(C=C1Oc3cccc(O)c3C1=O)cn2C)N(C)C. The summed E-state index contributed by atoms with van der Waals surface area (Å²) < 4.78 is 7.73. The van der Waals surface area contributed by atoms with Crippen molar-refractivity contribution in [3.05, 3.63) is 65.8 Å². The molecule has 33 heavy (non-hydrogen) atoms. The fourth-order valence-corrected chi connectivity index (χ4v) is 4.22. The van der Waals surface area contributed by atoms with Crippen LogP contribution in [0.2, 0.25) is 0 Å². The van der Waals surface area contributed by atoms with Gasteiger partial charge in [0.1, 0.15) is 22.7 Å². The molecule has 172 valence electrons. The van der Waals surface area contributed by atoms with Crippen LogP contribution >= 0.6 is 0 Å². The van der Waals surface area contributed by atoms with Gasteiger partial charge in [-0.15, -0.1) is 0 Å². The summed E-state index contributed by atoms with van der Waals surface area (Å²) in [6, 6.07) is 6.82. The maximum absolute atomic E-state index is 12.9. The third kappa shape index (κ3) is 4.06. The number of nitrogens with zero attached hydrogens (tertiary/aromatic N) is 4. The molecule has 1 unspecified atom stereocenters.